The molecule has 0 bridgehead atoms. The van der Waals surface area contributed by atoms with E-state index in [1.54, 1.807) is 7.05 Å². The highest BCUT2D eigenvalue weighted by molar-refractivity contribution is 5.40. The maximum absolute atomic E-state index is 9.07. The first-order valence-corrected chi connectivity index (χ1v) is 4.86. The number of hydrogen-bond donors (Lipinski definition) is 1. The third kappa shape index (κ3) is 1.66. The van der Waals surface area contributed by atoms with E-state index in [1.807, 2.05) is 30.3 Å². The lowest BCUT2D eigenvalue weighted by Crippen LogP contribution is -2.06. The van der Waals surface area contributed by atoms with Crippen LogP contribution in [0, 0.1) is 11.3 Å². The van der Waals surface area contributed by atoms with Crippen LogP contribution in [0.4, 0.5) is 0 Å². The van der Waals surface area contributed by atoms with Crippen molar-refractivity contribution < 1.29 is 4.74 Å². The lowest BCUT2D eigenvalue weighted by atomic mass is 9.94. The summed E-state index contributed by atoms with van der Waals surface area (Å²) in [6.45, 7) is 0.545. The fourth-order valence-electron chi connectivity index (χ4n) is 1.77. The average Bonchev–Trinajstić information content (AvgIpc) is 2.72. The fraction of sp³-hybridized carbons (Fsp3) is 0.250. The normalized spacial score (nSPS) is 19.6. The van der Waals surface area contributed by atoms with Gasteiger partial charge >= 0.3 is 0 Å². The average molecular weight is 200 g/mol. The molecule has 0 fully saturated rings. The van der Waals surface area contributed by atoms with Crippen LogP contribution in [-0.4, -0.2) is 13.7 Å². The van der Waals surface area contributed by atoms with Crippen molar-refractivity contribution in [1.29, 1.82) is 5.26 Å². The van der Waals surface area contributed by atoms with Gasteiger partial charge in [-0.2, -0.15) is 5.26 Å². The smallest absolute Gasteiger partial charge is 0.201 e. The van der Waals surface area contributed by atoms with Crippen LogP contribution in [0.3, 0.4) is 0 Å². The summed E-state index contributed by atoms with van der Waals surface area (Å²) in [6.07, 6.45) is 0. The molecular formula is C12H12N2O. The molecule has 1 unspecified atom stereocenters. The van der Waals surface area contributed by atoms with E-state index in [-0.39, 0.29) is 5.92 Å². The Morgan fingerprint density at radius 1 is 1.40 bits per heavy atom. The molecule has 1 N–H and O–H groups in total. The van der Waals surface area contributed by atoms with E-state index < -0.39 is 0 Å². The minimum atomic E-state index is 0.0682. The Labute approximate surface area is 89.0 Å². The molecule has 15 heavy (non-hydrogen) atoms. The molecule has 0 amide bonds. The Morgan fingerprint density at radius 2 is 2.13 bits per heavy atom. The first-order valence-electron chi connectivity index (χ1n) is 4.86. The van der Waals surface area contributed by atoms with Crippen LogP contribution in [0.25, 0.3) is 0 Å². The molecule has 3 heteroatoms. The molecule has 0 aliphatic carbocycles. The summed E-state index contributed by atoms with van der Waals surface area (Å²) >= 11 is 0. The van der Waals surface area contributed by atoms with Crippen LogP contribution in [0.1, 0.15) is 11.5 Å². The van der Waals surface area contributed by atoms with Gasteiger partial charge in [0.15, 0.2) is 0 Å². The van der Waals surface area contributed by atoms with Gasteiger partial charge in [0, 0.05) is 7.05 Å². The van der Waals surface area contributed by atoms with E-state index in [9.17, 15) is 0 Å². The van der Waals surface area contributed by atoms with Crippen LogP contribution in [0.5, 0.6) is 0 Å². The summed E-state index contributed by atoms with van der Waals surface area (Å²) in [5.41, 5.74) is 1.81. The molecule has 3 nitrogen and oxygen atoms in total. The van der Waals surface area contributed by atoms with Crippen molar-refractivity contribution in [3.8, 4) is 6.07 Å². The molecular weight excluding hydrogens is 188 g/mol. The lowest BCUT2D eigenvalue weighted by molar-refractivity contribution is 0.218. The maximum atomic E-state index is 9.07. The van der Waals surface area contributed by atoms with E-state index in [0.717, 1.165) is 5.56 Å². The van der Waals surface area contributed by atoms with Crippen molar-refractivity contribution in [3.05, 3.63) is 47.4 Å². The molecule has 0 aromatic heterocycles. The predicted octanol–water partition coefficient (Wildman–Crippen LogP) is 1.75. The minimum absolute atomic E-state index is 0.0682. The van der Waals surface area contributed by atoms with Gasteiger partial charge in [0.05, 0.1) is 11.5 Å². The van der Waals surface area contributed by atoms with Crippen LogP contribution in [0.15, 0.2) is 41.8 Å². The van der Waals surface area contributed by atoms with Crippen molar-refractivity contribution in [2.24, 2.45) is 0 Å². The first kappa shape index (κ1) is 9.60. The van der Waals surface area contributed by atoms with Crippen LogP contribution >= 0.6 is 0 Å². The third-order valence-corrected chi connectivity index (χ3v) is 2.54. The maximum Gasteiger partial charge on any atom is 0.201 e. The molecule has 1 aromatic carbocycles. The van der Waals surface area contributed by atoms with Gasteiger partial charge in [-0.25, -0.2) is 0 Å². The van der Waals surface area contributed by atoms with E-state index in [0.29, 0.717) is 18.1 Å². The number of nitrogens with zero attached hydrogens (tertiary/aromatic N) is 1. The highest BCUT2D eigenvalue weighted by atomic mass is 16.5. The van der Waals surface area contributed by atoms with Gasteiger partial charge in [-0.05, 0) is 5.56 Å². The second-order valence-electron chi connectivity index (χ2n) is 3.38. The fourth-order valence-corrected chi connectivity index (χ4v) is 1.77. The standard InChI is InChI=1S/C12H12N2O/c1-14-12-10(7-13)11(8-15-12)9-5-3-2-4-6-9/h2-6,11,14H,8H2,1H3. The molecule has 1 aliphatic rings. The van der Waals surface area contributed by atoms with E-state index in [1.165, 1.54) is 0 Å². The van der Waals surface area contributed by atoms with E-state index in [4.69, 9.17) is 10.00 Å². The van der Waals surface area contributed by atoms with Gasteiger partial charge in [-0.1, -0.05) is 30.3 Å². The Balaban J connectivity index is 2.34. The van der Waals surface area contributed by atoms with Crippen LogP contribution in [-0.2, 0) is 4.74 Å². The van der Waals surface area contributed by atoms with Crippen molar-refractivity contribution in [2.45, 2.75) is 5.92 Å². The largest absolute Gasteiger partial charge is 0.477 e. The Kier molecular flexibility index (Phi) is 2.59. The molecule has 76 valence electrons. The lowest BCUT2D eigenvalue weighted by Gasteiger charge is -2.06. The summed E-state index contributed by atoms with van der Waals surface area (Å²) in [5.74, 6) is 0.671. The summed E-state index contributed by atoms with van der Waals surface area (Å²) in [6, 6.07) is 12.2. The summed E-state index contributed by atoms with van der Waals surface area (Å²) < 4.78 is 5.42. The monoisotopic (exact) mass is 200 g/mol. The van der Waals surface area contributed by atoms with E-state index >= 15 is 0 Å². The van der Waals surface area contributed by atoms with Crippen molar-refractivity contribution >= 4 is 0 Å². The zero-order valence-corrected chi connectivity index (χ0v) is 8.53. The second-order valence-corrected chi connectivity index (χ2v) is 3.38. The van der Waals surface area contributed by atoms with Crippen molar-refractivity contribution in [1.82, 2.24) is 5.32 Å². The highest BCUT2D eigenvalue weighted by Crippen LogP contribution is 2.31. The Hall–Kier alpha value is -1.95. The Morgan fingerprint density at radius 3 is 2.73 bits per heavy atom. The third-order valence-electron chi connectivity index (χ3n) is 2.54. The number of benzene rings is 1. The summed E-state index contributed by atoms with van der Waals surface area (Å²) in [7, 11) is 1.76. The minimum Gasteiger partial charge on any atom is -0.477 e. The molecule has 1 heterocycles. The van der Waals surface area contributed by atoms with E-state index in [2.05, 4.69) is 11.4 Å². The topological polar surface area (TPSA) is 45.0 Å². The predicted molar refractivity (Wildman–Crippen MR) is 56.8 cm³/mol. The SMILES string of the molecule is CNC1=C(C#N)C(c2ccccc2)CO1. The van der Waals surface area contributed by atoms with Crippen LogP contribution in [0.2, 0.25) is 0 Å². The summed E-state index contributed by atoms with van der Waals surface area (Å²) in [4.78, 5) is 0. The highest BCUT2D eigenvalue weighted by Gasteiger charge is 2.28. The van der Waals surface area contributed by atoms with Crippen molar-refractivity contribution in [2.75, 3.05) is 13.7 Å². The van der Waals surface area contributed by atoms with Gasteiger partial charge in [-0.15, -0.1) is 0 Å². The number of ether oxygens (including phenoxy) is 1. The Bertz CT molecular complexity index is 417. The van der Waals surface area contributed by atoms with Gasteiger partial charge in [0.2, 0.25) is 5.88 Å². The van der Waals surface area contributed by atoms with Gasteiger partial charge in [0.25, 0.3) is 0 Å². The molecule has 1 atom stereocenters. The molecule has 1 aliphatic heterocycles. The zero-order valence-electron chi connectivity index (χ0n) is 8.53. The summed E-state index contributed by atoms with van der Waals surface area (Å²) in [5, 5.41) is 12.0. The van der Waals surface area contributed by atoms with Crippen LogP contribution < -0.4 is 5.32 Å². The molecule has 0 saturated heterocycles. The zero-order chi connectivity index (χ0) is 10.7. The molecule has 1 aromatic rings. The molecule has 0 saturated carbocycles. The second kappa shape index (κ2) is 4.05. The first-order chi connectivity index (χ1) is 7.36. The number of nitriles is 1. The van der Waals surface area contributed by atoms with Gasteiger partial charge in [0.1, 0.15) is 12.7 Å². The number of rotatable bonds is 2. The molecule has 0 radical (unpaired) electrons. The van der Waals surface area contributed by atoms with Crippen molar-refractivity contribution in [3.63, 3.8) is 0 Å². The quantitative estimate of drug-likeness (QED) is 0.791. The number of hydrogen-bond acceptors (Lipinski definition) is 3. The van der Waals surface area contributed by atoms with Gasteiger partial charge in [-0.3, -0.25) is 0 Å². The molecule has 0 spiro atoms. The molecule has 2 rings (SSSR count). The number of nitrogens with one attached hydrogen (secondary N) is 1. The van der Waals surface area contributed by atoms with Gasteiger partial charge < -0.3 is 10.1 Å².